The van der Waals surface area contributed by atoms with Gasteiger partial charge in [0.1, 0.15) is 6.29 Å². The van der Waals surface area contributed by atoms with Gasteiger partial charge in [-0.05, 0) is 13.3 Å². The van der Waals surface area contributed by atoms with Gasteiger partial charge in [0, 0.05) is 51.2 Å². The van der Waals surface area contributed by atoms with E-state index in [-0.39, 0.29) is 83.8 Å². The van der Waals surface area contributed by atoms with Crippen molar-refractivity contribution in [3.63, 3.8) is 0 Å². The number of amides is 9. The average Bonchev–Trinajstić information content (AvgIpc) is 3.46. The summed E-state index contributed by atoms with van der Waals surface area (Å²) >= 11 is 0. The summed E-state index contributed by atoms with van der Waals surface area (Å²) in [5, 5.41) is 14.3. The summed E-state index contributed by atoms with van der Waals surface area (Å²) < 4.78 is 21.4. The van der Waals surface area contributed by atoms with Crippen LogP contribution in [0.4, 0.5) is 0 Å². The molecule has 6 N–H and O–H groups in total. The predicted octanol–water partition coefficient (Wildman–Crippen LogP) is -5.11. The molecule has 0 aromatic carbocycles. The first-order valence-corrected chi connectivity index (χ1v) is 17.6. The summed E-state index contributed by atoms with van der Waals surface area (Å²) in [6.45, 7) is 3.53. The highest BCUT2D eigenvalue weighted by atomic mass is 16.6. The largest absolute Gasteiger partial charge is 0.379 e. The zero-order valence-electron chi connectivity index (χ0n) is 31.0. The Morgan fingerprint density at radius 2 is 0.945 bits per heavy atom. The third-order valence-electron chi connectivity index (χ3n) is 7.05. The van der Waals surface area contributed by atoms with E-state index >= 15 is 0 Å². The number of aldehydes is 1. The molecule has 0 unspecified atom stereocenters. The fourth-order valence-electron chi connectivity index (χ4n) is 4.05. The van der Waals surface area contributed by atoms with Crippen LogP contribution in [0.1, 0.15) is 26.2 Å². The number of nitrogens with one attached hydrogen (secondary N) is 6. The van der Waals surface area contributed by atoms with Crippen molar-refractivity contribution in [1.29, 1.82) is 0 Å². The molecule has 55 heavy (non-hydrogen) atoms. The summed E-state index contributed by atoms with van der Waals surface area (Å²) in [6.07, 6.45) is 4.03. The van der Waals surface area contributed by atoms with Crippen LogP contribution in [0.3, 0.4) is 0 Å². The summed E-state index contributed by atoms with van der Waals surface area (Å²) in [7, 11) is 0. The van der Waals surface area contributed by atoms with Crippen LogP contribution >= 0.6 is 0 Å². The number of imide groups is 1. The van der Waals surface area contributed by atoms with Gasteiger partial charge in [-0.2, -0.15) is 0 Å². The quantitative estimate of drug-likeness (QED) is 0.0246. The van der Waals surface area contributed by atoms with E-state index < -0.39 is 54.4 Å². The summed E-state index contributed by atoms with van der Waals surface area (Å²) in [6, 6.07) is 0. The molecule has 9 amide bonds. The van der Waals surface area contributed by atoms with Gasteiger partial charge in [0.2, 0.25) is 41.4 Å². The van der Waals surface area contributed by atoms with Crippen molar-refractivity contribution in [2.45, 2.75) is 26.2 Å². The molecular weight excluding hydrogens is 732 g/mol. The first-order chi connectivity index (χ1) is 26.5. The molecule has 2 heterocycles. The SMILES string of the molecule is CC=O.O=C(CCN1C(=O)C=CC1=O)NCCOCCOCCOCCOCCC(=O)NCC(=O)NCC(=O)NCC(=O)NCC(=O)NCC(=O)N1CCC1. The number of ether oxygens (including phenoxy) is 4. The van der Waals surface area contributed by atoms with Crippen molar-refractivity contribution in [1.82, 2.24) is 41.7 Å². The highest BCUT2D eigenvalue weighted by Gasteiger charge is 2.23. The number of hydrogen-bond donors (Lipinski definition) is 6. The second-order valence-electron chi connectivity index (χ2n) is 11.3. The van der Waals surface area contributed by atoms with Gasteiger partial charge in [0.05, 0.1) is 85.6 Å². The minimum Gasteiger partial charge on any atom is -0.379 e. The van der Waals surface area contributed by atoms with E-state index in [1.807, 2.05) is 0 Å². The lowest BCUT2D eigenvalue weighted by Crippen LogP contribution is -2.49. The molecule has 0 aromatic heterocycles. The number of hydrogen-bond acceptors (Lipinski definition) is 14. The molecule has 0 bridgehead atoms. The first kappa shape index (κ1) is 47.7. The molecule has 0 radical (unpaired) electrons. The zero-order chi connectivity index (χ0) is 40.7. The van der Waals surface area contributed by atoms with Gasteiger partial charge in [0.15, 0.2) is 0 Å². The molecule has 22 heteroatoms. The standard InChI is InChI=1S/C31H48N8O13.C2H4O/c40-23(4-9-39-29(46)2-3-30(39)47)32-6-11-50-13-15-52-17-16-51-14-12-49-10-5-24(41)33-18-25(42)34-19-26(43)35-20-27(44)36-21-28(45)37-22-31(48)38-7-1-8-38;1-2-3/h2-3H,1,4-22H2,(H,32,40)(H,33,41)(H,34,42)(H,35,43)(H,36,44)(H,37,45);2H,1H3. The molecule has 0 saturated carbocycles. The lowest BCUT2D eigenvalue weighted by atomic mass is 10.2. The fourth-order valence-corrected chi connectivity index (χ4v) is 4.05. The second-order valence-corrected chi connectivity index (χ2v) is 11.3. The number of rotatable bonds is 28. The Morgan fingerprint density at radius 3 is 1.38 bits per heavy atom. The van der Waals surface area contributed by atoms with E-state index in [1.54, 1.807) is 4.90 Å². The zero-order valence-corrected chi connectivity index (χ0v) is 31.0. The van der Waals surface area contributed by atoms with Gasteiger partial charge in [-0.15, -0.1) is 0 Å². The maximum absolute atomic E-state index is 11.9. The first-order valence-electron chi connectivity index (χ1n) is 17.6. The van der Waals surface area contributed by atoms with Crippen LogP contribution in [0.2, 0.25) is 0 Å². The van der Waals surface area contributed by atoms with Crippen LogP contribution < -0.4 is 31.9 Å². The van der Waals surface area contributed by atoms with Gasteiger partial charge in [-0.25, -0.2) is 0 Å². The normalized spacial score (nSPS) is 12.8. The molecule has 22 nitrogen and oxygen atoms in total. The molecule has 1 saturated heterocycles. The van der Waals surface area contributed by atoms with Gasteiger partial charge in [-0.3, -0.25) is 48.1 Å². The average molecular weight is 785 g/mol. The number of carbonyl (C=O) groups excluding carboxylic acids is 10. The molecule has 0 aliphatic carbocycles. The topological polar surface area (TPSA) is 286 Å². The van der Waals surface area contributed by atoms with Crippen molar-refractivity contribution in [2.24, 2.45) is 0 Å². The minimum absolute atomic E-state index is 0.000773. The molecule has 1 fully saturated rings. The van der Waals surface area contributed by atoms with Crippen LogP contribution in [0.15, 0.2) is 12.2 Å². The Morgan fingerprint density at radius 1 is 0.564 bits per heavy atom. The Balaban J connectivity index is 0.00000487. The van der Waals surface area contributed by atoms with E-state index in [4.69, 9.17) is 23.7 Å². The van der Waals surface area contributed by atoms with Crippen molar-refractivity contribution in [3.05, 3.63) is 12.2 Å². The van der Waals surface area contributed by atoms with Crippen molar-refractivity contribution in [2.75, 3.05) is 112 Å². The highest BCUT2D eigenvalue weighted by molar-refractivity contribution is 6.13. The summed E-state index contributed by atoms with van der Waals surface area (Å²) in [4.78, 5) is 117. The monoisotopic (exact) mass is 784 g/mol. The van der Waals surface area contributed by atoms with Crippen LogP contribution in [-0.4, -0.2) is 181 Å². The van der Waals surface area contributed by atoms with Crippen LogP contribution in [0, 0.1) is 0 Å². The van der Waals surface area contributed by atoms with E-state index in [0.717, 1.165) is 17.6 Å². The maximum Gasteiger partial charge on any atom is 0.253 e. The van der Waals surface area contributed by atoms with E-state index in [9.17, 15) is 43.2 Å². The Hall–Kier alpha value is -5.32. The Labute approximate surface area is 318 Å². The summed E-state index contributed by atoms with van der Waals surface area (Å²) in [5.41, 5.74) is 0. The molecule has 2 aliphatic heterocycles. The predicted molar refractivity (Wildman–Crippen MR) is 189 cm³/mol. The van der Waals surface area contributed by atoms with Crippen LogP contribution in [0.25, 0.3) is 0 Å². The molecule has 308 valence electrons. The molecule has 2 rings (SSSR count). The van der Waals surface area contributed by atoms with Gasteiger partial charge >= 0.3 is 0 Å². The van der Waals surface area contributed by atoms with E-state index in [0.29, 0.717) is 39.5 Å². The summed E-state index contributed by atoms with van der Waals surface area (Å²) in [5.74, 6) is -4.24. The van der Waals surface area contributed by atoms with Crippen LogP contribution in [0.5, 0.6) is 0 Å². The van der Waals surface area contributed by atoms with Crippen molar-refractivity contribution >= 4 is 59.5 Å². The van der Waals surface area contributed by atoms with Gasteiger partial charge < -0.3 is 60.5 Å². The molecular formula is C33H52N8O14. The lowest BCUT2D eigenvalue weighted by molar-refractivity contribution is -0.137. The molecule has 2 aliphatic rings. The number of carbonyl (C=O) groups is 10. The Bertz CT molecular complexity index is 1310. The van der Waals surface area contributed by atoms with Crippen molar-refractivity contribution in [3.8, 4) is 0 Å². The van der Waals surface area contributed by atoms with Crippen LogP contribution in [-0.2, 0) is 66.9 Å². The number of nitrogens with zero attached hydrogens (tertiary/aromatic N) is 2. The highest BCUT2D eigenvalue weighted by Crippen LogP contribution is 2.05. The second kappa shape index (κ2) is 30.1. The number of likely N-dealkylation sites (tertiary alicyclic amines) is 1. The third kappa shape index (κ3) is 24.6. The minimum atomic E-state index is -0.657. The van der Waals surface area contributed by atoms with Gasteiger partial charge in [-0.1, -0.05) is 0 Å². The van der Waals surface area contributed by atoms with Gasteiger partial charge in [0.25, 0.3) is 11.8 Å². The molecule has 0 aromatic rings. The Kier molecular flexibility index (Phi) is 26.1. The lowest BCUT2D eigenvalue weighted by Gasteiger charge is -2.30. The third-order valence-corrected chi connectivity index (χ3v) is 7.05. The fraction of sp³-hybridized carbons (Fsp3) is 0.636. The van der Waals surface area contributed by atoms with E-state index in [2.05, 4.69) is 31.9 Å². The van der Waals surface area contributed by atoms with E-state index in [1.165, 1.54) is 19.1 Å². The van der Waals surface area contributed by atoms with Crippen molar-refractivity contribution < 1.29 is 66.9 Å². The molecule has 0 spiro atoms. The maximum atomic E-state index is 11.9. The smallest absolute Gasteiger partial charge is 0.253 e. The molecule has 0 atom stereocenters.